The number of aromatic nitrogens is 1. The summed E-state index contributed by atoms with van der Waals surface area (Å²) in [6.07, 6.45) is 0.408. The van der Waals surface area contributed by atoms with Gasteiger partial charge < -0.3 is 9.67 Å². The molecule has 3 aromatic rings. The maximum atomic E-state index is 12.0. The monoisotopic (exact) mass is 374 g/mol. The van der Waals surface area contributed by atoms with Gasteiger partial charge in [0.2, 0.25) is 10.0 Å². The van der Waals surface area contributed by atoms with E-state index in [-0.39, 0.29) is 12.5 Å². The van der Waals surface area contributed by atoms with Crippen molar-refractivity contribution in [1.29, 1.82) is 0 Å². The molecule has 0 saturated heterocycles. The lowest BCUT2D eigenvalue weighted by Gasteiger charge is -2.25. The van der Waals surface area contributed by atoms with Gasteiger partial charge in [-0.2, -0.15) is 4.31 Å². The van der Waals surface area contributed by atoms with Crippen LogP contribution >= 0.6 is 0 Å². The molecule has 6 heteroatoms. The van der Waals surface area contributed by atoms with Gasteiger partial charge in [-0.15, -0.1) is 0 Å². The molecule has 3 rings (SSSR count). The van der Waals surface area contributed by atoms with Gasteiger partial charge >= 0.3 is 0 Å². The Bertz CT molecular complexity index is 955. The Kier molecular flexibility index (Phi) is 5.37. The molecule has 1 N–H and O–H groups in total. The fourth-order valence-electron chi connectivity index (χ4n) is 3.46. The quantitative estimate of drug-likeness (QED) is 0.691. The summed E-state index contributed by atoms with van der Waals surface area (Å²) in [5.41, 5.74) is 2.09. The lowest BCUT2D eigenvalue weighted by molar-refractivity contribution is 0.127. The van der Waals surface area contributed by atoms with Crippen molar-refractivity contribution in [2.75, 3.05) is 19.3 Å². The molecule has 1 unspecified atom stereocenters. The highest BCUT2D eigenvalue weighted by Gasteiger charge is 2.22. The smallest absolute Gasteiger partial charge is 0.211 e. The van der Waals surface area contributed by atoms with E-state index in [2.05, 4.69) is 16.7 Å². The topological polar surface area (TPSA) is 62.5 Å². The van der Waals surface area contributed by atoms with Crippen molar-refractivity contribution in [3.8, 4) is 0 Å². The molecule has 5 nitrogen and oxygen atoms in total. The number of aliphatic hydroxyl groups excluding tert-OH is 1. The van der Waals surface area contributed by atoms with Crippen LogP contribution in [0.2, 0.25) is 0 Å². The van der Waals surface area contributed by atoms with E-state index in [1.165, 1.54) is 10.6 Å². The van der Waals surface area contributed by atoms with Crippen LogP contribution in [-0.4, -0.2) is 47.8 Å². The van der Waals surface area contributed by atoms with Crippen LogP contribution in [0.5, 0.6) is 0 Å². The third-order valence-electron chi connectivity index (χ3n) is 4.53. The fourth-order valence-corrected chi connectivity index (χ4v) is 4.47. The van der Waals surface area contributed by atoms with Gasteiger partial charge in [0.1, 0.15) is 0 Å². The Morgan fingerprint density at radius 2 is 1.46 bits per heavy atom. The molecule has 0 aliphatic rings. The summed E-state index contributed by atoms with van der Waals surface area (Å²) in [6.45, 7) is 4.79. The highest BCUT2D eigenvalue weighted by Crippen LogP contribution is 2.28. The molecule has 2 aromatic carbocycles. The lowest BCUT2D eigenvalue weighted by Crippen LogP contribution is -2.40. The average Bonchev–Trinajstić information content (AvgIpc) is 2.88. The van der Waals surface area contributed by atoms with E-state index < -0.39 is 16.1 Å². The fraction of sp³-hybridized carbons (Fsp3) is 0.400. The second kappa shape index (κ2) is 7.39. The maximum Gasteiger partial charge on any atom is 0.211 e. The number of para-hydroxylation sites is 2. The molecule has 140 valence electrons. The van der Waals surface area contributed by atoms with Crippen LogP contribution in [0.15, 0.2) is 48.5 Å². The first-order chi connectivity index (χ1) is 12.3. The molecular weight excluding hydrogens is 348 g/mol. The Morgan fingerprint density at radius 3 is 1.92 bits per heavy atom. The van der Waals surface area contributed by atoms with Crippen molar-refractivity contribution in [3.05, 3.63) is 48.5 Å². The molecule has 0 fully saturated rings. The zero-order chi connectivity index (χ0) is 18.9. The SMILES string of the molecule is CC(C)CN(CC(O)Cn1c2ccccc2c2ccccc21)S(C)(=O)=O. The minimum atomic E-state index is -3.35. The summed E-state index contributed by atoms with van der Waals surface area (Å²) >= 11 is 0. The molecular formula is C20H26N2O3S. The van der Waals surface area contributed by atoms with Gasteiger partial charge in [-0.05, 0) is 18.1 Å². The number of fused-ring (bicyclic) bond motifs is 3. The van der Waals surface area contributed by atoms with Crippen molar-refractivity contribution in [3.63, 3.8) is 0 Å². The van der Waals surface area contributed by atoms with Crippen LogP contribution in [0.1, 0.15) is 13.8 Å². The Labute approximate surface area is 154 Å². The minimum Gasteiger partial charge on any atom is -0.390 e. The third-order valence-corrected chi connectivity index (χ3v) is 5.76. The molecule has 0 spiro atoms. The number of nitrogens with zero attached hydrogens (tertiary/aromatic N) is 2. The Hall–Kier alpha value is -1.89. The number of rotatable bonds is 7. The van der Waals surface area contributed by atoms with Crippen LogP contribution in [0.25, 0.3) is 21.8 Å². The molecule has 1 heterocycles. The summed E-state index contributed by atoms with van der Waals surface area (Å²) in [6, 6.07) is 16.2. The zero-order valence-corrected chi connectivity index (χ0v) is 16.3. The second-order valence-corrected chi connectivity index (χ2v) is 9.25. The van der Waals surface area contributed by atoms with E-state index in [1.807, 2.05) is 50.2 Å². The summed E-state index contributed by atoms with van der Waals surface area (Å²) in [4.78, 5) is 0. The number of aliphatic hydroxyl groups is 1. The molecule has 1 atom stereocenters. The van der Waals surface area contributed by atoms with Gasteiger partial charge in [0.25, 0.3) is 0 Å². The third kappa shape index (κ3) is 3.92. The van der Waals surface area contributed by atoms with E-state index in [1.54, 1.807) is 0 Å². The first-order valence-electron chi connectivity index (χ1n) is 8.86. The molecule has 1 aromatic heterocycles. The molecule has 0 radical (unpaired) electrons. The minimum absolute atomic E-state index is 0.0951. The predicted molar refractivity (Wildman–Crippen MR) is 107 cm³/mol. The van der Waals surface area contributed by atoms with Crippen LogP contribution in [0.3, 0.4) is 0 Å². The van der Waals surface area contributed by atoms with E-state index in [0.717, 1.165) is 21.8 Å². The van der Waals surface area contributed by atoms with E-state index in [9.17, 15) is 13.5 Å². The Balaban J connectivity index is 1.92. The molecule has 0 aliphatic carbocycles. The van der Waals surface area contributed by atoms with E-state index in [4.69, 9.17) is 0 Å². The van der Waals surface area contributed by atoms with E-state index in [0.29, 0.717) is 13.1 Å². The van der Waals surface area contributed by atoms with Gasteiger partial charge in [-0.25, -0.2) is 8.42 Å². The van der Waals surface area contributed by atoms with E-state index >= 15 is 0 Å². The van der Waals surface area contributed by atoms with Crippen molar-refractivity contribution < 1.29 is 13.5 Å². The first kappa shape index (κ1) is 18.9. The number of hydrogen-bond donors (Lipinski definition) is 1. The average molecular weight is 375 g/mol. The molecule has 0 bridgehead atoms. The highest BCUT2D eigenvalue weighted by molar-refractivity contribution is 7.88. The summed E-state index contributed by atoms with van der Waals surface area (Å²) < 4.78 is 27.5. The number of benzene rings is 2. The highest BCUT2D eigenvalue weighted by atomic mass is 32.2. The summed E-state index contributed by atoms with van der Waals surface area (Å²) in [5.74, 6) is 0.199. The van der Waals surface area contributed by atoms with Crippen LogP contribution < -0.4 is 0 Å². The van der Waals surface area contributed by atoms with Crippen LogP contribution in [0.4, 0.5) is 0 Å². The maximum absolute atomic E-state index is 12.0. The van der Waals surface area contributed by atoms with Gasteiger partial charge in [-0.1, -0.05) is 50.2 Å². The van der Waals surface area contributed by atoms with Crippen molar-refractivity contribution in [2.45, 2.75) is 26.5 Å². The van der Waals surface area contributed by atoms with Crippen LogP contribution in [0, 0.1) is 5.92 Å². The van der Waals surface area contributed by atoms with Gasteiger partial charge in [0, 0.05) is 34.9 Å². The normalized spacial score (nSPS) is 13.9. The molecule has 0 saturated carbocycles. The first-order valence-corrected chi connectivity index (χ1v) is 10.7. The lowest BCUT2D eigenvalue weighted by atomic mass is 10.2. The van der Waals surface area contributed by atoms with Crippen molar-refractivity contribution >= 4 is 31.8 Å². The molecule has 26 heavy (non-hydrogen) atoms. The van der Waals surface area contributed by atoms with Gasteiger partial charge in [0.05, 0.1) is 18.9 Å². The van der Waals surface area contributed by atoms with Crippen molar-refractivity contribution in [1.82, 2.24) is 8.87 Å². The van der Waals surface area contributed by atoms with Gasteiger partial charge in [0.15, 0.2) is 0 Å². The largest absolute Gasteiger partial charge is 0.390 e. The standard InChI is InChI=1S/C20H26N2O3S/c1-15(2)12-21(26(3,24)25)13-16(23)14-22-19-10-6-4-8-17(19)18-9-5-7-11-20(18)22/h4-11,15-16,23H,12-14H2,1-3H3. The summed E-state index contributed by atoms with van der Waals surface area (Å²) in [5, 5.41) is 12.9. The Morgan fingerprint density at radius 1 is 0.962 bits per heavy atom. The number of sulfonamides is 1. The molecule has 0 aliphatic heterocycles. The van der Waals surface area contributed by atoms with Crippen LogP contribution in [-0.2, 0) is 16.6 Å². The summed E-state index contributed by atoms with van der Waals surface area (Å²) in [7, 11) is -3.35. The number of hydrogen-bond acceptors (Lipinski definition) is 3. The van der Waals surface area contributed by atoms with Crippen molar-refractivity contribution in [2.24, 2.45) is 5.92 Å². The predicted octanol–water partition coefficient (Wildman–Crippen LogP) is 3.07. The second-order valence-electron chi connectivity index (χ2n) is 7.27. The van der Waals surface area contributed by atoms with Gasteiger partial charge in [-0.3, -0.25) is 0 Å². The molecule has 0 amide bonds. The zero-order valence-electron chi connectivity index (χ0n) is 15.5.